The van der Waals surface area contributed by atoms with Gasteiger partial charge in [-0.15, -0.1) is 0 Å². The summed E-state index contributed by atoms with van der Waals surface area (Å²) in [5.41, 5.74) is 2.78. The Morgan fingerprint density at radius 3 is 2.48 bits per heavy atom. The van der Waals surface area contributed by atoms with Crippen molar-refractivity contribution < 1.29 is 19.1 Å². The van der Waals surface area contributed by atoms with Gasteiger partial charge < -0.3 is 20.1 Å². The molecule has 2 atom stereocenters. The summed E-state index contributed by atoms with van der Waals surface area (Å²) in [4.78, 5) is 24.8. The maximum absolute atomic E-state index is 12.5. The van der Waals surface area contributed by atoms with Crippen molar-refractivity contribution >= 4 is 17.5 Å². The maximum atomic E-state index is 12.5. The fourth-order valence-corrected chi connectivity index (χ4v) is 3.02. The van der Waals surface area contributed by atoms with E-state index in [1.807, 2.05) is 31.2 Å². The van der Waals surface area contributed by atoms with Crippen LogP contribution in [0.5, 0.6) is 11.5 Å². The Labute approximate surface area is 158 Å². The van der Waals surface area contributed by atoms with Crippen LogP contribution in [-0.4, -0.2) is 26.0 Å². The predicted octanol–water partition coefficient (Wildman–Crippen LogP) is 2.90. The van der Waals surface area contributed by atoms with Crippen LogP contribution in [-0.2, 0) is 16.1 Å². The van der Waals surface area contributed by atoms with Crippen molar-refractivity contribution in [2.75, 3.05) is 19.5 Å². The van der Waals surface area contributed by atoms with Gasteiger partial charge in [0.05, 0.1) is 31.7 Å². The van der Waals surface area contributed by atoms with Gasteiger partial charge in [-0.2, -0.15) is 0 Å². The SMILES string of the molecule is COc1ccc(NC(=O)C2CC2C(=O)NCc2ccccc2C)c(OC)c1. The van der Waals surface area contributed by atoms with Crippen LogP contribution in [0.15, 0.2) is 42.5 Å². The summed E-state index contributed by atoms with van der Waals surface area (Å²) in [5.74, 6) is 0.315. The zero-order valence-corrected chi connectivity index (χ0v) is 15.7. The highest BCUT2D eigenvalue weighted by Crippen LogP contribution is 2.40. The molecular formula is C21H24N2O4. The molecule has 0 radical (unpaired) electrons. The quantitative estimate of drug-likeness (QED) is 0.788. The first-order chi connectivity index (χ1) is 13.0. The lowest BCUT2D eigenvalue weighted by molar-refractivity contribution is -0.125. The number of carbonyl (C=O) groups is 2. The summed E-state index contributed by atoms with van der Waals surface area (Å²) in [6.45, 7) is 2.49. The van der Waals surface area contributed by atoms with E-state index in [0.29, 0.717) is 30.2 Å². The average Bonchev–Trinajstić information content (AvgIpc) is 3.48. The second-order valence-electron chi connectivity index (χ2n) is 6.65. The Hall–Kier alpha value is -3.02. The minimum Gasteiger partial charge on any atom is -0.497 e. The number of nitrogens with one attached hydrogen (secondary N) is 2. The Morgan fingerprint density at radius 1 is 1.04 bits per heavy atom. The van der Waals surface area contributed by atoms with Gasteiger partial charge in [0.25, 0.3) is 0 Å². The molecule has 27 heavy (non-hydrogen) atoms. The fraction of sp³-hybridized carbons (Fsp3) is 0.333. The molecule has 1 aliphatic carbocycles. The first-order valence-corrected chi connectivity index (χ1v) is 8.88. The average molecular weight is 368 g/mol. The molecule has 1 saturated carbocycles. The topological polar surface area (TPSA) is 76.7 Å². The number of amides is 2. The molecule has 1 aliphatic rings. The van der Waals surface area contributed by atoms with Crippen molar-refractivity contribution in [1.29, 1.82) is 0 Å². The largest absolute Gasteiger partial charge is 0.497 e. The molecule has 1 fully saturated rings. The van der Waals surface area contributed by atoms with Crippen LogP contribution in [0.2, 0.25) is 0 Å². The molecular weight excluding hydrogens is 344 g/mol. The van der Waals surface area contributed by atoms with Crippen LogP contribution in [0.4, 0.5) is 5.69 Å². The first-order valence-electron chi connectivity index (χ1n) is 8.88. The highest BCUT2D eigenvalue weighted by Gasteiger charge is 2.48. The number of benzene rings is 2. The second kappa shape index (κ2) is 8.12. The third-order valence-corrected chi connectivity index (χ3v) is 4.84. The number of hydrogen-bond donors (Lipinski definition) is 2. The van der Waals surface area contributed by atoms with E-state index in [1.165, 1.54) is 7.11 Å². The molecule has 2 unspecified atom stereocenters. The van der Waals surface area contributed by atoms with Crippen molar-refractivity contribution in [1.82, 2.24) is 5.32 Å². The van der Waals surface area contributed by atoms with Crippen molar-refractivity contribution in [3.8, 4) is 11.5 Å². The standard InChI is InChI=1S/C21H24N2O4/c1-13-6-4-5-7-14(13)12-22-20(24)16-11-17(16)21(25)23-18-9-8-15(26-2)10-19(18)27-3/h4-10,16-17H,11-12H2,1-3H3,(H,22,24)(H,23,25). The van der Waals surface area contributed by atoms with E-state index >= 15 is 0 Å². The van der Waals surface area contributed by atoms with Crippen LogP contribution in [0.1, 0.15) is 17.5 Å². The number of rotatable bonds is 7. The fourth-order valence-electron chi connectivity index (χ4n) is 3.02. The van der Waals surface area contributed by atoms with Crippen molar-refractivity contribution in [2.45, 2.75) is 19.9 Å². The lowest BCUT2D eigenvalue weighted by atomic mass is 10.1. The Kier molecular flexibility index (Phi) is 5.64. The smallest absolute Gasteiger partial charge is 0.228 e. The van der Waals surface area contributed by atoms with E-state index < -0.39 is 0 Å². The van der Waals surface area contributed by atoms with Crippen LogP contribution in [0, 0.1) is 18.8 Å². The maximum Gasteiger partial charge on any atom is 0.228 e. The van der Waals surface area contributed by atoms with Gasteiger partial charge in [0.15, 0.2) is 0 Å². The van der Waals surface area contributed by atoms with Crippen LogP contribution in [0.25, 0.3) is 0 Å². The number of anilines is 1. The van der Waals surface area contributed by atoms with Gasteiger partial charge in [-0.05, 0) is 36.6 Å². The van der Waals surface area contributed by atoms with Gasteiger partial charge in [0.2, 0.25) is 11.8 Å². The summed E-state index contributed by atoms with van der Waals surface area (Å²) in [7, 11) is 3.10. The molecule has 2 amide bonds. The highest BCUT2D eigenvalue weighted by molar-refractivity contribution is 6.00. The molecule has 0 spiro atoms. The number of ether oxygens (including phenoxy) is 2. The molecule has 0 bridgehead atoms. The zero-order chi connectivity index (χ0) is 19.4. The molecule has 6 nitrogen and oxygen atoms in total. The van der Waals surface area contributed by atoms with Gasteiger partial charge in [-0.1, -0.05) is 24.3 Å². The first kappa shape index (κ1) is 18.8. The molecule has 0 aromatic heterocycles. The Bertz CT molecular complexity index is 850. The monoisotopic (exact) mass is 368 g/mol. The van der Waals surface area contributed by atoms with Gasteiger partial charge in [-0.25, -0.2) is 0 Å². The van der Waals surface area contributed by atoms with Gasteiger partial charge in [0.1, 0.15) is 11.5 Å². The minimum atomic E-state index is -0.311. The van der Waals surface area contributed by atoms with Gasteiger partial charge in [-0.3, -0.25) is 9.59 Å². The van der Waals surface area contributed by atoms with Crippen molar-refractivity contribution in [3.05, 3.63) is 53.6 Å². The molecule has 142 valence electrons. The minimum absolute atomic E-state index is 0.0832. The summed E-state index contributed by atoms with van der Waals surface area (Å²) in [6, 6.07) is 13.1. The van der Waals surface area contributed by atoms with E-state index in [-0.39, 0.29) is 23.7 Å². The summed E-state index contributed by atoms with van der Waals surface area (Å²) < 4.78 is 10.4. The molecule has 0 heterocycles. The third-order valence-electron chi connectivity index (χ3n) is 4.84. The van der Waals surface area contributed by atoms with Gasteiger partial charge >= 0.3 is 0 Å². The molecule has 0 saturated heterocycles. The van der Waals surface area contributed by atoms with E-state index in [0.717, 1.165) is 11.1 Å². The predicted molar refractivity (Wildman–Crippen MR) is 103 cm³/mol. The molecule has 2 N–H and O–H groups in total. The zero-order valence-electron chi connectivity index (χ0n) is 15.7. The van der Waals surface area contributed by atoms with Crippen molar-refractivity contribution in [3.63, 3.8) is 0 Å². The molecule has 3 rings (SSSR count). The normalized spacial score (nSPS) is 17.7. The lowest BCUT2D eigenvalue weighted by Gasteiger charge is -2.11. The number of methoxy groups -OCH3 is 2. The highest BCUT2D eigenvalue weighted by atomic mass is 16.5. The van der Waals surface area contributed by atoms with Crippen molar-refractivity contribution in [2.24, 2.45) is 11.8 Å². The summed E-state index contributed by atoms with van der Waals surface area (Å²) in [6.07, 6.45) is 0.559. The molecule has 2 aromatic rings. The number of aryl methyl sites for hydroxylation is 1. The summed E-state index contributed by atoms with van der Waals surface area (Å²) in [5, 5.41) is 5.77. The van der Waals surface area contributed by atoms with Crippen LogP contribution < -0.4 is 20.1 Å². The summed E-state index contributed by atoms with van der Waals surface area (Å²) >= 11 is 0. The van der Waals surface area contributed by atoms with Crippen LogP contribution in [0.3, 0.4) is 0 Å². The number of carbonyl (C=O) groups excluding carboxylic acids is 2. The third kappa shape index (κ3) is 4.39. The molecule has 0 aliphatic heterocycles. The molecule has 2 aromatic carbocycles. The van der Waals surface area contributed by atoms with E-state index in [1.54, 1.807) is 25.3 Å². The van der Waals surface area contributed by atoms with E-state index in [4.69, 9.17) is 9.47 Å². The molecule has 6 heteroatoms. The van der Waals surface area contributed by atoms with E-state index in [9.17, 15) is 9.59 Å². The Balaban J connectivity index is 1.54. The van der Waals surface area contributed by atoms with Crippen LogP contribution >= 0.6 is 0 Å². The van der Waals surface area contributed by atoms with E-state index in [2.05, 4.69) is 10.6 Å². The van der Waals surface area contributed by atoms with Gasteiger partial charge in [0, 0.05) is 12.6 Å². The Morgan fingerprint density at radius 2 is 1.78 bits per heavy atom. The number of hydrogen-bond acceptors (Lipinski definition) is 4. The second-order valence-corrected chi connectivity index (χ2v) is 6.65. The lowest BCUT2D eigenvalue weighted by Crippen LogP contribution is -2.27.